The molecule has 0 aromatic heterocycles. The fourth-order valence-electron chi connectivity index (χ4n) is 1.15. The fourth-order valence-corrected chi connectivity index (χ4v) is 2.79. The molecule has 9 heavy (non-hydrogen) atoms. The largest absolute Gasteiger partial charge is 0.116 e. The van der Waals surface area contributed by atoms with E-state index in [1.165, 1.54) is 21.4 Å². The van der Waals surface area contributed by atoms with Crippen LogP contribution in [0.3, 0.4) is 0 Å². The molecule has 1 saturated heterocycles. The van der Waals surface area contributed by atoms with Gasteiger partial charge >= 0.3 is 0 Å². The van der Waals surface area contributed by atoms with E-state index in [-0.39, 0.29) is 0 Å². The van der Waals surface area contributed by atoms with Crippen LogP contribution in [0.5, 0.6) is 0 Å². The molecular formula is C8H19P. The third-order valence-corrected chi connectivity index (χ3v) is 3.32. The highest BCUT2D eigenvalue weighted by Gasteiger charge is 2.15. The molecule has 56 valence electrons. The zero-order chi connectivity index (χ0) is 7.28. The normalized spacial score (nSPS) is 33.3. The van der Waals surface area contributed by atoms with Gasteiger partial charge in [-0.05, 0) is 24.2 Å². The zero-order valence-corrected chi connectivity index (χ0v) is 8.07. The summed E-state index contributed by atoms with van der Waals surface area (Å²) in [7, 11) is 1.26. The van der Waals surface area contributed by atoms with Crippen LogP contribution in [0.15, 0.2) is 0 Å². The lowest BCUT2D eigenvalue weighted by atomic mass is 10.2. The van der Waals surface area contributed by atoms with Gasteiger partial charge in [0.2, 0.25) is 0 Å². The van der Waals surface area contributed by atoms with E-state index in [0.717, 1.165) is 11.3 Å². The first-order valence-corrected chi connectivity index (χ1v) is 5.20. The van der Waals surface area contributed by atoms with Crippen molar-refractivity contribution in [2.75, 3.05) is 0 Å². The molecule has 2 atom stereocenters. The Morgan fingerprint density at radius 1 is 1.00 bits per heavy atom. The van der Waals surface area contributed by atoms with Gasteiger partial charge < -0.3 is 0 Å². The van der Waals surface area contributed by atoms with Crippen LogP contribution in [0, 0.1) is 0 Å². The van der Waals surface area contributed by atoms with Crippen molar-refractivity contribution in [3.8, 4) is 0 Å². The number of rotatable bonds is 0. The summed E-state index contributed by atoms with van der Waals surface area (Å²) in [6.07, 6.45) is 2.97. The highest BCUT2D eigenvalue weighted by molar-refractivity contribution is 7.40. The third-order valence-electron chi connectivity index (χ3n) is 1.60. The van der Waals surface area contributed by atoms with E-state index < -0.39 is 0 Å². The van der Waals surface area contributed by atoms with Crippen LogP contribution < -0.4 is 0 Å². The maximum absolute atomic E-state index is 2.36. The second-order valence-corrected chi connectivity index (χ2v) is 4.85. The zero-order valence-electron chi connectivity index (χ0n) is 7.07. The van der Waals surface area contributed by atoms with Crippen LogP contribution in [0.1, 0.15) is 40.5 Å². The third kappa shape index (κ3) is 3.92. The molecule has 1 fully saturated rings. The maximum atomic E-state index is 2.36. The predicted molar refractivity (Wildman–Crippen MR) is 47.8 cm³/mol. The molecule has 1 aliphatic heterocycles. The lowest BCUT2D eigenvalue weighted by Crippen LogP contribution is -1.81. The minimum atomic E-state index is 1.05. The Balaban J connectivity index is 0.000000291. The molecule has 1 heteroatoms. The maximum Gasteiger partial charge on any atom is -0.0262 e. The lowest BCUT2D eigenvalue weighted by Gasteiger charge is -1.97. The average molecular weight is 146 g/mol. The summed E-state index contributed by atoms with van der Waals surface area (Å²) in [6.45, 7) is 8.73. The van der Waals surface area contributed by atoms with Crippen LogP contribution in [-0.2, 0) is 0 Å². The smallest absolute Gasteiger partial charge is 0.0262 e. The van der Waals surface area contributed by atoms with Crippen molar-refractivity contribution in [3.63, 3.8) is 0 Å². The molecule has 1 aliphatic rings. The molecule has 0 aromatic rings. The Morgan fingerprint density at radius 3 is 1.44 bits per heavy atom. The van der Waals surface area contributed by atoms with Gasteiger partial charge in [-0.3, -0.25) is 0 Å². The van der Waals surface area contributed by atoms with Crippen molar-refractivity contribution < 1.29 is 0 Å². The Hall–Kier alpha value is 0.430. The summed E-state index contributed by atoms with van der Waals surface area (Å²) >= 11 is 0. The second kappa shape index (κ2) is 5.23. The van der Waals surface area contributed by atoms with Gasteiger partial charge in [0.1, 0.15) is 0 Å². The lowest BCUT2D eigenvalue weighted by molar-refractivity contribution is 0.777. The van der Waals surface area contributed by atoms with Gasteiger partial charge in [-0.15, -0.1) is 8.58 Å². The Kier molecular flexibility index (Phi) is 5.48. The van der Waals surface area contributed by atoms with Gasteiger partial charge in [0.15, 0.2) is 0 Å². The van der Waals surface area contributed by atoms with Gasteiger partial charge in [0.05, 0.1) is 0 Å². The Labute approximate surface area is 61.2 Å². The van der Waals surface area contributed by atoms with Crippen molar-refractivity contribution in [1.29, 1.82) is 0 Å². The Morgan fingerprint density at radius 2 is 1.33 bits per heavy atom. The van der Waals surface area contributed by atoms with Gasteiger partial charge in [0, 0.05) is 0 Å². The van der Waals surface area contributed by atoms with E-state index in [2.05, 4.69) is 13.8 Å². The van der Waals surface area contributed by atoms with Crippen molar-refractivity contribution in [2.45, 2.75) is 51.9 Å². The Bertz CT molecular complexity index is 53.6. The number of hydrogen-bond donors (Lipinski definition) is 0. The molecule has 0 amide bonds. The molecule has 1 heterocycles. The minimum absolute atomic E-state index is 1.05. The summed E-state index contributed by atoms with van der Waals surface area (Å²) in [4.78, 5) is 0. The van der Waals surface area contributed by atoms with E-state index in [4.69, 9.17) is 0 Å². The molecule has 0 radical (unpaired) electrons. The molecule has 0 aliphatic carbocycles. The van der Waals surface area contributed by atoms with E-state index in [1.807, 2.05) is 13.8 Å². The molecule has 0 unspecified atom stereocenters. The van der Waals surface area contributed by atoms with Crippen LogP contribution in [-0.4, -0.2) is 11.3 Å². The monoisotopic (exact) mass is 146 g/mol. The molecule has 0 nitrogen and oxygen atoms in total. The summed E-state index contributed by atoms with van der Waals surface area (Å²) < 4.78 is 0. The first-order chi connectivity index (χ1) is 4.29. The SMILES string of the molecule is CC.C[C@@H]1CC[C@@H](C)P1. The highest BCUT2D eigenvalue weighted by atomic mass is 31.1. The highest BCUT2D eigenvalue weighted by Crippen LogP contribution is 2.38. The van der Waals surface area contributed by atoms with Crippen LogP contribution in [0.4, 0.5) is 0 Å². The van der Waals surface area contributed by atoms with Gasteiger partial charge in [-0.25, -0.2) is 0 Å². The summed E-state index contributed by atoms with van der Waals surface area (Å²) in [5.41, 5.74) is 2.10. The van der Waals surface area contributed by atoms with Crippen LogP contribution in [0.25, 0.3) is 0 Å². The van der Waals surface area contributed by atoms with E-state index in [9.17, 15) is 0 Å². The van der Waals surface area contributed by atoms with Crippen molar-refractivity contribution in [2.24, 2.45) is 0 Å². The van der Waals surface area contributed by atoms with Crippen molar-refractivity contribution in [1.82, 2.24) is 0 Å². The van der Waals surface area contributed by atoms with Crippen LogP contribution in [0.2, 0.25) is 0 Å². The quantitative estimate of drug-likeness (QED) is 0.460. The standard InChI is InChI=1S/C6H13P.C2H6/c1-5-3-4-6(2)7-5;1-2/h5-7H,3-4H2,1-2H3;1-2H3/t5-,6-;/m1./s1. The second-order valence-electron chi connectivity index (χ2n) is 2.55. The fraction of sp³-hybridized carbons (Fsp3) is 1.00. The topological polar surface area (TPSA) is 0 Å². The van der Waals surface area contributed by atoms with Crippen molar-refractivity contribution >= 4 is 8.58 Å². The molecular weight excluding hydrogens is 127 g/mol. The van der Waals surface area contributed by atoms with E-state index in [0.29, 0.717) is 0 Å². The van der Waals surface area contributed by atoms with Gasteiger partial charge in [-0.2, -0.15) is 0 Å². The summed E-state index contributed by atoms with van der Waals surface area (Å²) in [5.74, 6) is 0. The number of hydrogen-bond acceptors (Lipinski definition) is 0. The van der Waals surface area contributed by atoms with Crippen LogP contribution >= 0.6 is 8.58 Å². The first-order valence-electron chi connectivity index (χ1n) is 4.05. The minimum Gasteiger partial charge on any atom is -0.116 e. The molecule has 0 saturated carbocycles. The average Bonchev–Trinajstić information content (AvgIpc) is 2.20. The predicted octanol–water partition coefficient (Wildman–Crippen LogP) is 3.26. The summed E-state index contributed by atoms with van der Waals surface area (Å²) in [6, 6.07) is 0. The molecule has 1 rings (SSSR count). The van der Waals surface area contributed by atoms with Gasteiger partial charge in [0.25, 0.3) is 0 Å². The first kappa shape index (κ1) is 9.43. The molecule has 0 aromatic carbocycles. The van der Waals surface area contributed by atoms with E-state index in [1.54, 1.807) is 0 Å². The molecule has 0 bridgehead atoms. The van der Waals surface area contributed by atoms with E-state index >= 15 is 0 Å². The molecule has 0 N–H and O–H groups in total. The summed E-state index contributed by atoms with van der Waals surface area (Å²) in [5, 5.41) is 0. The molecule has 0 spiro atoms. The van der Waals surface area contributed by atoms with Crippen molar-refractivity contribution in [3.05, 3.63) is 0 Å². The van der Waals surface area contributed by atoms with Gasteiger partial charge in [-0.1, -0.05) is 27.7 Å².